The maximum Gasteiger partial charge on any atom is 0.308 e. The van der Waals surface area contributed by atoms with E-state index < -0.39 is 11.9 Å². The maximum atomic E-state index is 12.2. The average molecular weight is 289 g/mol. The number of nitrogens with zero attached hydrogens (tertiary/aromatic N) is 5. The Bertz CT molecular complexity index is 624. The fourth-order valence-corrected chi connectivity index (χ4v) is 1.83. The summed E-state index contributed by atoms with van der Waals surface area (Å²) in [7, 11) is 1.58. The minimum absolute atomic E-state index is 0.156. The molecule has 1 atom stereocenters. The molecule has 0 fully saturated rings. The van der Waals surface area contributed by atoms with Gasteiger partial charge in [0.25, 0.3) is 5.91 Å². The van der Waals surface area contributed by atoms with Crippen LogP contribution in [0.4, 0.5) is 0 Å². The van der Waals surface area contributed by atoms with Crippen LogP contribution in [0.2, 0.25) is 0 Å². The summed E-state index contributed by atoms with van der Waals surface area (Å²) in [5, 5.41) is 19.7. The Morgan fingerprint density at radius 2 is 2.00 bits per heavy atom. The number of tetrazole rings is 1. The van der Waals surface area contributed by atoms with E-state index >= 15 is 0 Å². The van der Waals surface area contributed by atoms with Crippen molar-refractivity contribution in [2.24, 2.45) is 5.92 Å². The lowest BCUT2D eigenvalue weighted by Gasteiger charge is -2.19. The molecule has 8 nitrogen and oxygen atoms in total. The Morgan fingerprint density at radius 3 is 2.52 bits per heavy atom. The van der Waals surface area contributed by atoms with Crippen LogP contribution in [-0.4, -0.2) is 55.7 Å². The second-order valence-corrected chi connectivity index (χ2v) is 4.73. The number of hydrogen-bond donors (Lipinski definition) is 1. The van der Waals surface area contributed by atoms with E-state index in [1.54, 1.807) is 38.2 Å². The van der Waals surface area contributed by atoms with E-state index in [-0.39, 0.29) is 12.5 Å². The molecule has 0 saturated carbocycles. The zero-order chi connectivity index (χ0) is 15.4. The summed E-state index contributed by atoms with van der Waals surface area (Å²) in [4.78, 5) is 24.4. The Labute approximate surface area is 121 Å². The number of hydrogen-bond acceptors (Lipinski definition) is 5. The molecular weight excluding hydrogens is 274 g/mol. The van der Waals surface area contributed by atoms with Crippen LogP contribution < -0.4 is 0 Å². The number of carboxylic acid groups (broad SMARTS) is 1. The Morgan fingerprint density at radius 1 is 1.33 bits per heavy atom. The Balaban J connectivity index is 2.07. The predicted molar refractivity (Wildman–Crippen MR) is 72.9 cm³/mol. The van der Waals surface area contributed by atoms with Gasteiger partial charge < -0.3 is 10.0 Å². The van der Waals surface area contributed by atoms with Gasteiger partial charge in [-0.3, -0.25) is 9.59 Å². The highest BCUT2D eigenvalue weighted by Gasteiger charge is 2.18. The molecule has 1 aromatic heterocycles. The number of rotatable bonds is 5. The van der Waals surface area contributed by atoms with E-state index in [0.29, 0.717) is 5.56 Å². The first-order valence-corrected chi connectivity index (χ1v) is 6.30. The first-order chi connectivity index (χ1) is 9.99. The highest BCUT2D eigenvalue weighted by molar-refractivity contribution is 5.94. The van der Waals surface area contributed by atoms with Gasteiger partial charge >= 0.3 is 5.97 Å². The van der Waals surface area contributed by atoms with Gasteiger partial charge in [-0.25, -0.2) is 4.68 Å². The van der Waals surface area contributed by atoms with Gasteiger partial charge in [-0.2, -0.15) is 0 Å². The molecule has 1 heterocycles. The van der Waals surface area contributed by atoms with Gasteiger partial charge in [0.15, 0.2) is 0 Å². The van der Waals surface area contributed by atoms with E-state index in [4.69, 9.17) is 5.11 Å². The van der Waals surface area contributed by atoms with Crippen LogP contribution in [0.3, 0.4) is 0 Å². The summed E-state index contributed by atoms with van der Waals surface area (Å²) in [6.45, 7) is 1.72. The molecular formula is C13H15N5O3. The van der Waals surface area contributed by atoms with Crippen molar-refractivity contribution in [3.63, 3.8) is 0 Å². The summed E-state index contributed by atoms with van der Waals surface area (Å²) in [6, 6.07) is 6.75. The molecule has 0 spiro atoms. The van der Waals surface area contributed by atoms with Gasteiger partial charge in [0, 0.05) is 19.2 Å². The molecule has 1 N–H and O–H groups in total. The first kappa shape index (κ1) is 14.6. The molecule has 110 valence electrons. The van der Waals surface area contributed by atoms with E-state index in [0.717, 1.165) is 5.69 Å². The number of carbonyl (C=O) groups excluding carboxylic acids is 1. The summed E-state index contributed by atoms with van der Waals surface area (Å²) < 4.78 is 1.48. The lowest BCUT2D eigenvalue weighted by atomic mass is 10.1. The fourth-order valence-electron chi connectivity index (χ4n) is 1.83. The summed E-state index contributed by atoms with van der Waals surface area (Å²) in [5.74, 6) is -1.77. The van der Waals surface area contributed by atoms with Gasteiger partial charge in [-0.1, -0.05) is 6.92 Å². The number of carbonyl (C=O) groups is 2. The average Bonchev–Trinajstić information content (AvgIpc) is 3.00. The van der Waals surface area contributed by atoms with E-state index in [2.05, 4.69) is 15.5 Å². The number of benzene rings is 1. The van der Waals surface area contributed by atoms with Crippen LogP contribution in [0.5, 0.6) is 0 Å². The lowest BCUT2D eigenvalue weighted by Crippen LogP contribution is -2.33. The molecule has 2 aromatic rings. The molecule has 2 rings (SSSR count). The standard InChI is InChI=1S/C13H15N5O3/c1-9(13(20)21)7-17(2)12(19)10-3-5-11(6-4-10)18-8-14-15-16-18/h3-6,8-9H,7H2,1-2H3,(H,20,21). The third kappa shape index (κ3) is 3.41. The highest BCUT2D eigenvalue weighted by atomic mass is 16.4. The normalized spacial score (nSPS) is 11.9. The van der Waals surface area contributed by atoms with Crippen molar-refractivity contribution in [3.05, 3.63) is 36.2 Å². The topological polar surface area (TPSA) is 101 Å². The summed E-state index contributed by atoms with van der Waals surface area (Å²) in [6.07, 6.45) is 1.46. The quantitative estimate of drug-likeness (QED) is 0.857. The zero-order valence-corrected chi connectivity index (χ0v) is 11.7. The van der Waals surface area contributed by atoms with E-state index in [1.807, 2.05) is 0 Å². The van der Waals surface area contributed by atoms with Crippen molar-refractivity contribution in [1.82, 2.24) is 25.1 Å². The van der Waals surface area contributed by atoms with E-state index in [9.17, 15) is 9.59 Å². The molecule has 0 radical (unpaired) electrons. The molecule has 0 saturated heterocycles. The largest absolute Gasteiger partial charge is 0.481 e. The van der Waals surface area contributed by atoms with Crippen molar-refractivity contribution in [1.29, 1.82) is 0 Å². The molecule has 0 aliphatic carbocycles. The van der Waals surface area contributed by atoms with Crippen LogP contribution in [0.25, 0.3) is 5.69 Å². The highest BCUT2D eigenvalue weighted by Crippen LogP contribution is 2.10. The van der Waals surface area contributed by atoms with Crippen molar-refractivity contribution in [3.8, 4) is 5.69 Å². The van der Waals surface area contributed by atoms with Crippen LogP contribution in [0.15, 0.2) is 30.6 Å². The lowest BCUT2D eigenvalue weighted by molar-refractivity contribution is -0.141. The van der Waals surface area contributed by atoms with Crippen molar-refractivity contribution in [2.45, 2.75) is 6.92 Å². The van der Waals surface area contributed by atoms with Crippen molar-refractivity contribution >= 4 is 11.9 Å². The number of amides is 1. The molecule has 8 heteroatoms. The van der Waals surface area contributed by atoms with Crippen molar-refractivity contribution in [2.75, 3.05) is 13.6 Å². The minimum Gasteiger partial charge on any atom is -0.481 e. The SMILES string of the molecule is CC(CN(C)C(=O)c1ccc(-n2cnnn2)cc1)C(=O)O. The zero-order valence-electron chi connectivity index (χ0n) is 11.7. The van der Waals surface area contributed by atoms with Crippen LogP contribution in [0.1, 0.15) is 17.3 Å². The first-order valence-electron chi connectivity index (χ1n) is 6.30. The molecule has 0 aliphatic rings. The molecule has 0 aliphatic heterocycles. The third-order valence-corrected chi connectivity index (χ3v) is 3.04. The molecule has 0 bridgehead atoms. The smallest absolute Gasteiger partial charge is 0.308 e. The van der Waals surface area contributed by atoms with Gasteiger partial charge in [0.05, 0.1) is 11.6 Å². The fraction of sp³-hybridized carbons (Fsp3) is 0.308. The monoisotopic (exact) mass is 289 g/mol. The number of carboxylic acids is 1. The second kappa shape index (κ2) is 6.12. The third-order valence-electron chi connectivity index (χ3n) is 3.04. The van der Waals surface area contributed by atoms with Crippen LogP contribution >= 0.6 is 0 Å². The molecule has 1 amide bonds. The summed E-state index contributed by atoms with van der Waals surface area (Å²) >= 11 is 0. The molecule has 21 heavy (non-hydrogen) atoms. The molecule has 1 aromatic carbocycles. The Kier molecular flexibility index (Phi) is 4.27. The van der Waals surface area contributed by atoms with Crippen molar-refractivity contribution < 1.29 is 14.7 Å². The molecule has 1 unspecified atom stereocenters. The number of aromatic nitrogens is 4. The van der Waals surface area contributed by atoms with Gasteiger partial charge in [-0.15, -0.1) is 5.10 Å². The maximum absolute atomic E-state index is 12.2. The predicted octanol–water partition coefficient (Wildman–Crippen LogP) is 0.455. The van der Waals surface area contributed by atoms with Gasteiger partial charge in [-0.05, 0) is 34.7 Å². The van der Waals surface area contributed by atoms with Crippen LogP contribution in [-0.2, 0) is 4.79 Å². The summed E-state index contributed by atoms with van der Waals surface area (Å²) in [5.41, 5.74) is 1.21. The minimum atomic E-state index is -0.927. The van der Waals surface area contributed by atoms with Gasteiger partial charge in [0.1, 0.15) is 6.33 Å². The second-order valence-electron chi connectivity index (χ2n) is 4.73. The van der Waals surface area contributed by atoms with Gasteiger partial charge in [0.2, 0.25) is 0 Å². The van der Waals surface area contributed by atoms with Crippen LogP contribution in [0, 0.1) is 5.92 Å². The number of aliphatic carboxylic acids is 1. The Hall–Kier alpha value is -2.77. The van der Waals surface area contributed by atoms with E-state index in [1.165, 1.54) is 15.9 Å².